The van der Waals surface area contributed by atoms with Crippen molar-refractivity contribution in [2.45, 2.75) is 53.0 Å². The van der Waals surface area contributed by atoms with Gasteiger partial charge in [0.15, 0.2) is 0 Å². The Morgan fingerprint density at radius 1 is 1.17 bits per heavy atom. The first-order chi connectivity index (χ1) is 13.5. The number of hydrogen-bond donors (Lipinski definition) is 1. The molecule has 0 saturated heterocycles. The maximum atomic E-state index is 11.8. The van der Waals surface area contributed by atoms with Crippen LogP contribution >= 0.6 is 0 Å². The highest BCUT2D eigenvalue weighted by Gasteiger charge is 2.25. The second-order valence-electron chi connectivity index (χ2n) is 7.26. The van der Waals surface area contributed by atoms with Gasteiger partial charge in [0.05, 0.1) is 29.4 Å². The first-order valence-electron chi connectivity index (χ1n) is 9.66. The normalized spacial score (nSPS) is 11.7. The molecule has 0 aliphatic rings. The van der Waals surface area contributed by atoms with Crippen LogP contribution in [0.2, 0.25) is 0 Å². The number of carboxylic acid groups (broad SMARTS) is 1. The molecular formula is C20H30N4O4S. The van der Waals surface area contributed by atoms with Crippen LogP contribution in [0.3, 0.4) is 0 Å². The minimum absolute atomic E-state index is 0.249. The van der Waals surface area contributed by atoms with Crippen LogP contribution < -0.4 is 9.31 Å². The number of anilines is 1. The minimum Gasteiger partial charge on any atom is -0.464 e. The van der Waals surface area contributed by atoms with Crippen molar-refractivity contribution >= 4 is 21.8 Å². The summed E-state index contributed by atoms with van der Waals surface area (Å²) in [6.07, 6.45) is 2.06. The Labute approximate surface area is 172 Å². The maximum absolute atomic E-state index is 11.8. The van der Waals surface area contributed by atoms with E-state index >= 15 is 0 Å². The number of hydrogen-bond acceptors (Lipinski definition) is 4. The summed E-state index contributed by atoms with van der Waals surface area (Å²) in [5.74, 6) is 0. The summed E-state index contributed by atoms with van der Waals surface area (Å²) in [5.41, 5.74) is 4.36. The molecule has 8 nitrogen and oxygen atoms in total. The molecule has 1 heterocycles. The number of aryl methyl sites for hydroxylation is 1. The molecule has 1 N–H and O–H groups in total. The fourth-order valence-corrected chi connectivity index (χ4v) is 3.79. The summed E-state index contributed by atoms with van der Waals surface area (Å²) in [7, 11) is -1.79. The number of rotatable bonds is 8. The van der Waals surface area contributed by atoms with Crippen molar-refractivity contribution in [3.8, 4) is 0 Å². The van der Waals surface area contributed by atoms with E-state index in [1.807, 2.05) is 39.8 Å². The van der Waals surface area contributed by atoms with Gasteiger partial charge in [-0.2, -0.15) is 14.9 Å². The highest BCUT2D eigenvalue weighted by atomic mass is 32.2. The van der Waals surface area contributed by atoms with E-state index in [0.29, 0.717) is 24.9 Å². The SMILES string of the molecule is CCc1nn(N(C(=O)O)C(C)C)c(CC)c1Cc1ccc(N(C)S(C)(=O)=O)cc1. The summed E-state index contributed by atoms with van der Waals surface area (Å²) >= 11 is 0. The van der Waals surface area contributed by atoms with E-state index in [0.717, 1.165) is 22.5 Å². The van der Waals surface area contributed by atoms with Crippen LogP contribution in [0.1, 0.15) is 50.2 Å². The zero-order valence-corrected chi connectivity index (χ0v) is 18.7. The maximum Gasteiger partial charge on any atom is 0.428 e. The Hall–Kier alpha value is -2.55. The van der Waals surface area contributed by atoms with Crippen molar-refractivity contribution in [3.63, 3.8) is 0 Å². The predicted molar refractivity (Wildman–Crippen MR) is 115 cm³/mol. The average Bonchev–Trinajstić information content (AvgIpc) is 2.97. The number of sulfonamides is 1. The first-order valence-corrected chi connectivity index (χ1v) is 11.5. The molecule has 0 aliphatic heterocycles. The van der Waals surface area contributed by atoms with E-state index in [9.17, 15) is 18.3 Å². The molecule has 9 heteroatoms. The number of benzene rings is 1. The summed E-state index contributed by atoms with van der Waals surface area (Å²) in [6, 6.07) is 7.09. The molecule has 2 rings (SSSR count). The largest absolute Gasteiger partial charge is 0.464 e. The third kappa shape index (κ3) is 4.90. The van der Waals surface area contributed by atoms with E-state index < -0.39 is 16.1 Å². The zero-order valence-electron chi connectivity index (χ0n) is 17.9. The summed E-state index contributed by atoms with van der Waals surface area (Å²) in [4.78, 5) is 13.3. The number of carbonyl (C=O) groups is 1. The van der Waals surface area contributed by atoms with Crippen LogP contribution in [0.15, 0.2) is 24.3 Å². The average molecular weight is 423 g/mol. The van der Waals surface area contributed by atoms with Crippen molar-refractivity contribution < 1.29 is 18.3 Å². The van der Waals surface area contributed by atoms with E-state index in [1.165, 1.54) is 27.4 Å². The van der Waals surface area contributed by atoms with Crippen molar-refractivity contribution in [1.29, 1.82) is 0 Å². The molecule has 0 saturated carbocycles. The lowest BCUT2D eigenvalue weighted by Crippen LogP contribution is -2.46. The molecule has 1 aromatic heterocycles. The molecule has 0 bridgehead atoms. The van der Waals surface area contributed by atoms with Crippen molar-refractivity contribution in [2.24, 2.45) is 0 Å². The second kappa shape index (κ2) is 8.86. The summed E-state index contributed by atoms with van der Waals surface area (Å²) in [5, 5.41) is 15.5. The molecule has 0 atom stereocenters. The highest BCUT2D eigenvalue weighted by molar-refractivity contribution is 7.92. The molecule has 0 radical (unpaired) electrons. The van der Waals surface area contributed by atoms with E-state index in [-0.39, 0.29) is 6.04 Å². The summed E-state index contributed by atoms with van der Waals surface area (Å²) in [6.45, 7) is 7.62. The second-order valence-corrected chi connectivity index (χ2v) is 9.28. The van der Waals surface area contributed by atoms with Gasteiger partial charge in [0, 0.05) is 19.0 Å². The van der Waals surface area contributed by atoms with Crippen LogP contribution in [0.25, 0.3) is 0 Å². The van der Waals surface area contributed by atoms with Gasteiger partial charge in [0.2, 0.25) is 10.0 Å². The molecule has 1 aromatic carbocycles. The van der Waals surface area contributed by atoms with Gasteiger partial charge in [0.1, 0.15) is 0 Å². The topological polar surface area (TPSA) is 95.7 Å². The van der Waals surface area contributed by atoms with Gasteiger partial charge in [-0.25, -0.2) is 13.2 Å². The predicted octanol–water partition coefficient (Wildman–Crippen LogP) is 3.02. The van der Waals surface area contributed by atoms with Crippen molar-refractivity contribution in [3.05, 3.63) is 46.8 Å². The molecule has 0 fully saturated rings. The number of amides is 1. The third-order valence-electron chi connectivity index (χ3n) is 4.89. The van der Waals surface area contributed by atoms with Gasteiger partial charge in [0.25, 0.3) is 0 Å². The van der Waals surface area contributed by atoms with Crippen LogP contribution in [0, 0.1) is 0 Å². The van der Waals surface area contributed by atoms with Crippen LogP contribution in [0.5, 0.6) is 0 Å². The van der Waals surface area contributed by atoms with Gasteiger partial charge in [-0.1, -0.05) is 26.0 Å². The smallest absolute Gasteiger partial charge is 0.428 e. The molecule has 0 aliphatic carbocycles. The summed E-state index contributed by atoms with van der Waals surface area (Å²) < 4.78 is 24.7. The number of aromatic nitrogens is 2. The Morgan fingerprint density at radius 2 is 1.76 bits per heavy atom. The van der Waals surface area contributed by atoms with Crippen molar-refractivity contribution in [1.82, 2.24) is 9.89 Å². The Kier molecular flexibility index (Phi) is 6.94. The molecule has 0 spiro atoms. The lowest BCUT2D eigenvalue weighted by molar-refractivity contribution is 0.189. The van der Waals surface area contributed by atoms with Gasteiger partial charge >= 0.3 is 6.09 Å². The van der Waals surface area contributed by atoms with Gasteiger partial charge in [-0.15, -0.1) is 0 Å². The van der Waals surface area contributed by atoms with Crippen LogP contribution in [-0.4, -0.2) is 48.9 Å². The Balaban J connectivity index is 2.44. The van der Waals surface area contributed by atoms with Crippen LogP contribution in [0.4, 0.5) is 10.5 Å². The zero-order chi connectivity index (χ0) is 21.9. The van der Waals surface area contributed by atoms with Crippen LogP contribution in [-0.2, 0) is 29.3 Å². The molecule has 2 aromatic rings. The lowest BCUT2D eigenvalue weighted by atomic mass is 10.0. The third-order valence-corrected chi connectivity index (χ3v) is 6.10. The highest BCUT2D eigenvalue weighted by Crippen LogP contribution is 2.23. The minimum atomic E-state index is -3.31. The molecule has 29 heavy (non-hydrogen) atoms. The Bertz CT molecular complexity index is 965. The van der Waals surface area contributed by atoms with Gasteiger partial charge in [-0.05, 0) is 44.4 Å². The van der Waals surface area contributed by atoms with Crippen molar-refractivity contribution in [2.75, 3.05) is 22.6 Å². The number of nitrogens with zero attached hydrogens (tertiary/aromatic N) is 4. The molecular weight excluding hydrogens is 392 g/mol. The Morgan fingerprint density at radius 3 is 2.17 bits per heavy atom. The first kappa shape index (κ1) is 22.7. The monoisotopic (exact) mass is 422 g/mol. The fourth-order valence-electron chi connectivity index (χ4n) is 3.28. The van der Waals surface area contributed by atoms with Gasteiger partial charge < -0.3 is 5.11 Å². The molecule has 160 valence electrons. The standard InChI is InChI=1S/C20H30N4O4S/c1-7-18-17(19(8-2)24(21-18)23(14(3)4)20(25)26)13-15-9-11-16(12-10-15)22(5)29(6,27)28/h9-12,14H,7-8,13H2,1-6H3,(H,25,26). The quantitative estimate of drug-likeness (QED) is 0.705. The van der Waals surface area contributed by atoms with Gasteiger partial charge in [-0.3, -0.25) is 4.31 Å². The molecule has 1 amide bonds. The molecule has 0 unspecified atom stereocenters. The lowest BCUT2D eigenvalue weighted by Gasteiger charge is -2.25. The van der Waals surface area contributed by atoms with E-state index in [4.69, 9.17) is 0 Å². The van der Waals surface area contributed by atoms with E-state index in [2.05, 4.69) is 5.10 Å². The fraction of sp³-hybridized carbons (Fsp3) is 0.500. The van der Waals surface area contributed by atoms with E-state index in [1.54, 1.807) is 12.1 Å².